The van der Waals surface area contributed by atoms with Gasteiger partial charge in [-0.2, -0.15) is 0 Å². The maximum Gasteiger partial charge on any atom is 0.315 e. The van der Waals surface area contributed by atoms with E-state index < -0.39 is 0 Å². The van der Waals surface area contributed by atoms with Crippen LogP contribution in [0.15, 0.2) is 36.7 Å². The molecule has 0 atom stereocenters. The third-order valence-corrected chi connectivity index (χ3v) is 2.46. The van der Waals surface area contributed by atoms with Crippen LogP contribution in [0.5, 0.6) is 5.75 Å². The Morgan fingerprint density at radius 3 is 2.76 bits per heavy atom. The standard InChI is InChI=1S/C11H10ClN3O.ClH/c12-10-4-3-8(6-14-10)7-15-5-1-2-9(16)11(15)13;/h1-6,13,16H,7H2;1H. The first-order chi connectivity index (χ1) is 7.66. The van der Waals surface area contributed by atoms with Gasteiger partial charge in [0.1, 0.15) is 11.7 Å². The van der Waals surface area contributed by atoms with Gasteiger partial charge in [-0.1, -0.05) is 17.7 Å². The van der Waals surface area contributed by atoms with Gasteiger partial charge in [0, 0.05) is 11.8 Å². The van der Waals surface area contributed by atoms with Crippen molar-refractivity contribution in [3.8, 4) is 5.75 Å². The van der Waals surface area contributed by atoms with Gasteiger partial charge < -0.3 is 17.5 Å². The maximum absolute atomic E-state index is 9.44. The fourth-order valence-electron chi connectivity index (χ4n) is 1.39. The average Bonchev–Trinajstić information content (AvgIpc) is 2.28. The quantitative estimate of drug-likeness (QED) is 0.509. The van der Waals surface area contributed by atoms with Crippen LogP contribution in [0.1, 0.15) is 5.56 Å². The van der Waals surface area contributed by atoms with Gasteiger partial charge in [0.2, 0.25) is 5.75 Å². The minimum absolute atomic E-state index is 0. The molecule has 2 aromatic heterocycles. The van der Waals surface area contributed by atoms with Crippen LogP contribution in [0.3, 0.4) is 0 Å². The van der Waals surface area contributed by atoms with Crippen molar-refractivity contribution in [3.63, 3.8) is 0 Å². The van der Waals surface area contributed by atoms with E-state index in [2.05, 4.69) is 4.98 Å². The number of rotatable bonds is 2. The molecule has 17 heavy (non-hydrogen) atoms. The molecule has 0 amide bonds. The van der Waals surface area contributed by atoms with Crippen molar-refractivity contribution in [2.45, 2.75) is 6.54 Å². The molecule has 0 aliphatic carbocycles. The largest absolute Gasteiger partial charge is 1.00 e. The van der Waals surface area contributed by atoms with E-state index in [0.29, 0.717) is 17.5 Å². The van der Waals surface area contributed by atoms with Crippen LogP contribution >= 0.6 is 11.6 Å². The molecular formula is C11H11Cl2N3O. The Bertz CT molecular complexity index is 503. The lowest BCUT2D eigenvalue weighted by Gasteiger charge is -2.03. The fourth-order valence-corrected chi connectivity index (χ4v) is 1.50. The van der Waals surface area contributed by atoms with Crippen LogP contribution in [-0.4, -0.2) is 10.1 Å². The maximum atomic E-state index is 9.44. The number of nitrogen functional groups attached to an aromatic ring is 1. The number of hydrogen-bond donors (Lipinski definition) is 2. The number of nitrogens with zero attached hydrogens (tertiary/aromatic N) is 2. The van der Waals surface area contributed by atoms with Gasteiger partial charge >= 0.3 is 5.82 Å². The molecule has 0 aliphatic rings. The van der Waals surface area contributed by atoms with Crippen molar-refractivity contribution < 1.29 is 22.1 Å². The van der Waals surface area contributed by atoms with Crippen molar-refractivity contribution >= 4 is 17.4 Å². The van der Waals surface area contributed by atoms with E-state index in [1.165, 1.54) is 0 Å². The van der Waals surface area contributed by atoms with Gasteiger partial charge in [0.15, 0.2) is 0 Å². The summed E-state index contributed by atoms with van der Waals surface area (Å²) in [5.74, 6) is 0.405. The summed E-state index contributed by atoms with van der Waals surface area (Å²) in [4.78, 5) is 3.98. The molecule has 0 saturated heterocycles. The first-order valence-corrected chi connectivity index (χ1v) is 5.12. The van der Waals surface area contributed by atoms with Crippen LogP contribution in [-0.2, 0) is 6.54 Å². The summed E-state index contributed by atoms with van der Waals surface area (Å²) in [5, 5.41) is 9.90. The number of nitrogens with two attached hydrogens (primary N) is 1. The molecule has 6 heteroatoms. The third-order valence-electron chi connectivity index (χ3n) is 2.23. The first kappa shape index (κ1) is 13.5. The molecule has 0 aromatic carbocycles. The molecular weight excluding hydrogens is 261 g/mol. The van der Waals surface area contributed by atoms with Crippen molar-refractivity contribution in [1.29, 1.82) is 0 Å². The Morgan fingerprint density at radius 1 is 1.35 bits per heavy atom. The molecule has 0 radical (unpaired) electrons. The zero-order valence-electron chi connectivity index (χ0n) is 8.85. The molecule has 2 heterocycles. The van der Waals surface area contributed by atoms with Crippen LogP contribution in [0.4, 0.5) is 5.82 Å². The minimum Gasteiger partial charge on any atom is -1.00 e. The van der Waals surface area contributed by atoms with Crippen molar-refractivity contribution in [2.24, 2.45) is 0 Å². The average molecular weight is 272 g/mol. The molecule has 0 aliphatic heterocycles. The van der Waals surface area contributed by atoms with E-state index in [0.717, 1.165) is 5.56 Å². The number of hydrogen-bond acceptors (Lipinski definition) is 3. The lowest BCUT2D eigenvalue weighted by molar-refractivity contribution is -0.674. The highest BCUT2D eigenvalue weighted by Crippen LogP contribution is 2.13. The van der Waals surface area contributed by atoms with Gasteiger partial charge in [-0.3, -0.25) is 5.73 Å². The SMILES string of the molecule is Nc1c(O)ccc[n+]1Cc1ccc(Cl)nc1.[Cl-]. The van der Waals surface area contributed by atoms with E-state index in [-0.39, 0.29) is 18.2 Å². The molecule has 0 unspecified atom stereocenters. The molecule has 2 rings (SSSR count). The Balaban J connectivity index is 0.00000144. The molecule has 90 valence electrons. The second-order valence-corrected chi connectivity index (χ2v) is 3.78. The molecule has 0 fully saturated rings. The van der Waals surface area contributed by atoms with Gasteiger partial charge in [-0.15, -0.1) is 0 Å². The smallest absolute Gasteiger partial charge is 0.315 e. The molecule has 4 nitrogen and oxygen atoms in total. The second kappa shape index (κ2) is 5.70. The Hall–Kier alpha value is -1.52. The normalized spacial score (nSPS) is 9.71. The molecule has 2 aromatic rings. The summed E-state index contributed by atoms with van der Waals surface area (Å²) in [6.45, 7) is 0.546. The van der Waals surface area contributed by atoms with Crippen molar-refractivity contribution in [1.82, 2.24) is 4.98 Å². The fraction of sp³-hybridized carbons (Fsp3) is 0.0909. The monoisotopic (exact) mass is 271 g/mol. The number of pyridine rings is 2. The molecule has 0 saturated carbocycles. The van der Waals surface area contributed by atoms with Gasteiger partial charge in [0.05, 0.1) is 6.20 Å². The summed E-state index contributed by atoms with van der Waals surface area (Å²) >= 11 is 5.69. The zero-order valence-corrected chi connectivity index (χ0v) is 10.4. The van der Waals surface area contributed by atoms with E-state index in [4.69, 9.17) is 17.3 Å². The zero-order chi connectivity index (χ0) is 11.5. The number of anilines is 1. The highest BCUT2D eigenvalue weighted by atomic mass is 35.5. The summed E-state index contributed by atoms with van der Waals surface area (Å²) in [5.41, 5.74) is 6.69. The molecule has 0 bridgehead atoms. The summed E-state index contributed by atoms with van der Waals surface area (Å²) in [6, 6.07) is 6.86. The summed E-state index contributed by atoms with van der Waals surface area (Å²) in [7, 11) is 0. The second-order valence-electron chi connectivity index (χ2n) is 3.40. The highest BCUT2D eigenvalue weighted by molar-refractivity contribution is 6.29. The van der Waals surface area contributed by atoms with E-state index in [1.807, 2.05) is 6.07 Å². The highest BCUT2D eigenvalue weighted by Gasteiger charge is 2.09. The van der Waals surface area contributed by atoms with Gasteiger partial charge in [-0.05, 0) is 18.2 Å². The van der Waals surface area contributed by atoms with Crippen LogP contribution in [0.2, 0.25) is 5.15 Å². The van der Waals surface area contributed by atoms with Crippen molar-refractivity contribution in [2.75, 3.05) is 5.73 Å². The summed E-state index contributed by atoms with van der Waals surface area (Å²) in [6.07, 6.45) is 3.47. The van der Waals surface area contributed by atoms with Crippen molar-refractivity contribution in [3.05, 3.63) is 47.4 Å². The van der Waals surface area contributed by atoms with E-state index in [9.17, 15) is 5.11 Å². The molecule has 3 N–H and O–H groups in total. The van der Waals surface area contributed by atoms with E-state index in [1.54, 1.807) is 35.2 Å². The van der Waals surface area contributed by atoms with Gasteiger partial charge in [0.25, 0.3) is 0 Å². The number of aromatic hydroxyl groups is 1. The number of aromatic nitrogens is 2. The van der Waals surface area contributed by atoms with Crippen LogP contribution in [0, 0.1) is 0 Å². The van der Waals surface area contributed by atoms with Gasteiger partial charge in [-0.25, -0.2) is 9.55 Å². The molecule has 0 spiro atoms. The Labute approximate surface area is 110 Å². The topological polar surface area (TPSA) is 63.0 Å². The Morgan fingerprint density at radius 2 is 2.12 bits per heavy atom. The first-order valence-electron chi connectivity index (χ1n) is 4.74. The minimum atomic E-state index is 0. The van der Waals surface area contributed by atoms with Crippen LogP contribution in [0.25, 0.3) is 0 Å². The summed E-state index contributed by atoms with van der Waals surface area (Å²) < 4.78 is 1.74. The Kier molecular flexibility index (Phi) is 4.54. The predicted octanol–water partition coefficient (Wildman–Crippen LogP) is -1.64. The lowest BCUT2D eigenvalue weighted by Crippen LogP contribution is -3.00. The van der Waals surface area contributed by atoms with Crippen LogP contribution < -0.4 is 22.7 Å². The predicted molar refractivity (Wildman–Crippen MR) is 61.1 cm³/mol. The number of halogens is 2. The van der Waals surface area contributed by atoms with E-state index >= 15 is 0 Å². The lowest BCUT2D eigenvalue weighted by atomic mass is 10.3. The third kappa shape index (κ3) is 3.22.